The van der Waals surface area contributed by atoms with Crippen LogP contribution in [0.1, 0.15) is 23.2 Å². The Balaban J connectivity index is 2.28. The smallest absolute Gasteiger partial charge is 0.229 e. The first kappa shape index (κ1) is 9.77. The number of rotatable bonds is 2. The molecule has 0 unspecified atom stereocenters. The Kier molecular flexibility index (Phi) is 2.72. The van der Waals surface area contributed by atoms with Crippen LogP contribution >= 0.6 is 0 Å². The van der Waals surface area contributed by atoms with Crippen LogP contribution in [0.4, 0.5) is 5.69 Å². The van der Waals surface area contributed by atoms with E-state index in [1.165, 1.54) is 0 Å². The molecule has 78 valence electrons. The fourth-order valence-corrected chi connectivity index (χ4v) is 1.55. The monoisotopic (exact) mass is 203 g/mol. The summed E-state index contributed by atoms with van der Waals surface area (Å²) < 4.78 is 5.31. The zero-order chi connectivity index (χ0) is 10.7. The van der Waals surface area contributed by atoms with Gasteiger partial charge in [-0.05, 0) is 31.1 Å². The van der Waals surface area contributed by atoms with Crippen LogP contribution in [-0.2, 0) is 4.74 Å². The van der Waals surface area contributed by atoms with E-state index in [2.05, 4.69) is 0 Å². The molecule has 3 nitrogen and oxygen atoms in total. The van der Waals surface area contributed by atoms with Gasteiger partial charge in [0, 0.05) is 11.3 Å². The van der Waals surface area contributed by atoms with Crippen LogP contribution < -0.4 is 5.73 Å². The summed E-state index contributed by atoms with van der Waals surface area (Å²) in [5, 5.41) is 0. The number of ketones is 1. The van der Waals surface area contributed by atoms with Crippen molar-refractivity contribution in [1.82, 2.24) is 0 Å². The Hall–Kier alpha value is -1.77. The molecule has 0 aromatic heterocycles. The highest BCUT2D eigenvalue weighted by Crippen LogP contribution is 2.19. The maximum absolute atomic E-state index is 11.9. The van der Waals surface area contributed by atoms with Gasteiger partial charge in [-0.2, -0.15) is 0 Å². The first-order valence-electron chi connectivity index (χ1n) is 5.01. The number of hydrogen-bond acceptors (Lipinski definition) is 3. The molecule has 1 aromatic carbocycles. The van der Waals surface area contributed by atoms with Crippen molar-refractivity contribution in [2.45, 2.75) is 12.8 Å². The number of hydrogen-bond donors (Lipinski definition) is 1. The second-order valence-electron chi connectivity index (χ2n) is 3.48. The first-order chi connectivity index (χ1) is 7.29. The SMILES string of the molecule is Nc1ccccc1C(=O)C1=CCCCO1. The van der Waals surface area contributed by atoms with Crippen LogP contribution in [0.15, 0.2) is 36.1 Å². The zero-order valence-corrected chi connectivity index (χ0v) is 8.40. The van der Waals surface area contributed by atoms with Crippen molar-refractivity contribution in [3.05, 3.63) is 41.7 Å². The van der Waals surface area contributed by atoms with Crippen molar-refractivity contribution in [3.63, 3.8) is 0 Å². The molecule has 3 heteroatoms. The molecule has 0 saturated heterocycles. The van der Waals surface area contributed by atoms with Crippen molar-refractivity contribution in [3.8, 4) is 0 Å². The maximum Gasteiger partial charge on any atom is 0.229 e. The third-order valence-electron chi connectivity index (χ3n) is 2.36. The van der Waals surface area contributed by atoms with Gasteiger partial charge in [-0.15, -0.1) is 0 Å². The van der Waals surface area contributed by atoms with E-state index in [1.807, 2.05) is 12.1 Å². The molecule has 0 spiro atoms. The second kappa shape index (κ2) is 4.17. The molecule has 0 radical (unpaired) electrons. The summed E-state index contributed by atoms with van der Waals surface area (Å²) in [6, 6.07) is 7.04. The maximum atomic E-state index is 11.9. The molecule has 1 aliphatic rings. The Morgan fingerprint density at radius 3 is 2.80 bits per heavy atom. The number of carbonyl (C=O) groups excluding carboxylic acids is 1. The minimum atomic E-state index is -0.118. The highest BCUT2D eigenvalue weighted by molar-refractivity contribution is 6.10. The summed E-state index contributed by atoms with van der Waals surface area (Å²) >= 11 is 0. The van der Waals surface area contributed by atoms with Gasteiger partial charge in [-0.3, -0.25) is 4.79 Å². The topological polar surface area (TPSA) is 52.3 Å². The summed E-state index contributed by atoms with van der Waals surface area (Å²) in [7, 11) is 0. The summed E-state index contributed by atoms with van der Waals surface area (Å²) in [6.07, 6.45) is 3.70. The van der Waals surface area contributed by atoms with Gasteiger partial charge in [0.15, 0.2) is 5.76 Å². The molecule has 2 rings (SSSR count). The molecule has 1 aliphatic heterocycles. The van der Waals surface area contributed by atoms with E-state index in [-0.39, 0.29) is 5.78 Å². The van der Waals surface area contributed by atoms with Crippen LogP contribution in [0.25, 0.3) is 0 Å². The Morgan fingerprint density at radius 1 is 1.33 bits per heavy atom. The first-order valence-corrected chi connectivity index (χ1v) is 5.01. The lowest BCUT2D eigenvalue weighted by Gasteiger charge is -2.14. The Labute approximate surface area is 88.5 Å². The van der Waals surface area contributed by atoms with Crippen molar-refractivity contribution in [1.29, 1.82) is 0 Å². The number of ether oxygens (including phenoxy) is 1. The lowest BCUT2D eigenvalue weighted by Crippen LogP contribution is -2.12. The predicted octanol–water partition coefficient (Wildman–Crippen LogP) is 2.15. The van der Waals surface area contributed by atoms with Crippen LogP contribution in [0, 0.1) is 0 Å². The summed E-state index contributed by atoms with van der Waals surface area (Å²) in [6.45, 7) is 0.615. The fraction of sp³-hybridized carbons (Fsp3) is 0.250. The lowest BCUT2D eigenvalue weighted by molar-refractivity contribution is 0.0900. The van der Waals surface area contributed by atoms with Crippen LogP contribution in [-0.4, -0.2) is 12.4 Å². The van der Waals surface area contributed by atoms with Gasteiger partial charge in [0.1, 0.15) is 0 Å². The van der Waals surface area contributed by atoms with Gasteiger partial charge in [0.2, 0.25) is 5.78 Å². The zero-order valence-electron chi connectivity index (χ0n) is 8.40. The van der Waals surface area contributed by atoms with Crippen molar-refractivity contribution in [2.24, 2.45) is 0 Å². The minimum absolute atomic E-state index is 0.118. The molecular formula is C12H13NO2. The number of Topliss-reactive ketones (excluding diaryl/α,β-unsaturated/α-hetero) is 1. The average molecular weight is 203 g/mol. The normalized spacial score (nSPS) is 15.3. The number of nitrogen functional groups attached to an aromatic ring is 1. The summed E-state index contributed by atoms with van der Waals surface area (Å²) in [5.41, 5.74) is 6.74. The van der Waals surface area contributed by atoms with Crippen molar-refractivity contribution < 1.29 is 9.53 Å². The quantitative estimate of drug-likeness (QED) is 0.591. The molecule has 15 heavy (non-hydrogen) atoms. The molecule has 1 aromatic rings. The van der Waals surface area contributed by atoms with Crippen LogP contribution in [0.5, 0.6) is 0 Å². The number of allylic oxidation sites excluding steroid dienone is 2. The molecule has 2 N–H and O–H groups in total. The van der Waals surface area contributed by atoms with Crippen molar-refractivity contribution in [2.75, 3.05) is 12.3 Å². The predicted molar refractivity (Wildman–Crippen MR) is 58.5 cm³/mol. The lowest BCUT2D eigenvalue weighted by atomic mass is 10.1. The number of anilines is 1. The van der Waals surface area contributed by atoms with Gasteiger partial charge in [-0.25, -0.2) is 0 Å². The third-order valence-corrected chi connectivity index (χ3v) is 2.36. The van der Waals surface area contributed by atoms with E-state index >= 15 is 0 Å². The van der Waals surface area contributed by atoms with Gasteiger partial charge in [0.05, 0.1) is 6.61 Å². The second-order valence-corrected chi connectivity index (χ2v) is 3.48. The third kappa shape index (κ3) is 2.01. The largest absolute Gasteiger partial charge is 0.490 e. The fourth-order valence-electron chi connectivity index (χ4n) is 1.55. The van der Waals surface area contributed by atoms with E-state index in [0.717, 1.165) is 12.8 Å². The average Bonchev–Trinajstić information content (AvgIpc) is 2.30. The number of para-hydroxylation sites is 1. The van der Waals surface area contributed by atoms with E-state index < -0.39 is 0 Å². The summed E-state index contributed by atoms with van der Waals surface area (Å²) in [4.78, 5) is 11.9. The van der Waals surface area contributed by atoms with Crippen LogP contribution in [0.3, 0.4) is 0 Å². The van der Waals surface area contributed by atoms with Crippen LogP contribution in [0.2, 0.25) is 0 Å². The van der Waals surface area contributed by atoms with E-state index in [1.54, 1.807) is 18.2 Å². The van der Waals surface area contributed by atoms with E-state index in [9.17, 15) is 4.79 Å². The van der Waals surface area contributed by atoms with Crippen molar-refractivity contribution >= 4 is 11.5 Å². The highest BCUT2D eigenvalue weighted by Gasteiger charge is 2.17. The molecular weight excluding hydrogens is 190 g/mol. The molecule has 0 saturated carbocycles. The van der Waals surface area contributed by atoms with E-state index in [0.29, 0.717) is 23.6 Å². The molecule has 1 heterocycles. The molecule has 0 fully saturated rings. The number of benzene rings is 1. The Morgan fingerprint density at radius 2 is 2.13 bits per heavy atom. The standard InChI is InChI=1S/C12H13NO2/c13-10-6-2-1-5-9(10)12(14)11-7-3-4-8-15-11/h1-2,5-7H,3-4,8,13H2. The number of nitrogens with two attached hydrogens (primary N) is 1. The molecule has 0 aliphatic carbocycles. The van der Waals surface area contributed by atoms with Gasteiger partial charge < -0.3 is 10.5 Å². The molecule has 0 atom stereocenters. The van der Waals surface area contributed by atoms with E-state index in [4.69, 9.17) is 10.5 Å². The number of carbonyl (C=O) groups is 1. The molecule has 0 amide bonds. The highest BCUT2D eigenvalue weighted by atomic mass is 16.5. The Bertz CT molecular complexity index is 410. The van der Waals surface area contributed by atoms with Gasteiger partial charge >= 0.3 is 0 Å². The van der Waals surface area contributed by atoms with Gasteiger partial charge in [-0.1, -0.05) is 12.1 Å². The minimum Gasteiger partial charge on any atom is -0.490 e. The van der Waals surface area contributed by atoms with Gasteiger partial charge in [0.25, 0.3) is 0 Å². The summed E-state index contributed by atoms with van der Waals surface area (Å²) in [5.74, 6) is 0.312. The molecule has 0 bridgehead atoms.